The van der Waals surface area contributed by atoms with Gasteiger partial charge in [0.25, 0.3) is 5.91 Å². The van der Waals surface area contributed by atoms with Crippen LogP contribution in [-0.2, 0) is 11.3 Å². The normalized spacial score (nSPS) is 19.0. The molecule has 1 aliphatic heterocycles. The van der Waals surface area contributed by atoms with Crippen molar-refractivity contribution in [3.8, 4) is 5.75 Å². The third-order valence-electron chi connectivity index (χ3n) is 3.52. The van der Waals surface area contributed by atoms with E-state index in [1.807, 2.05) is 12.1 Å². The maximum atomic E-state index is 12.0. The number of carbonyl (C=O) groups is 1. The summed E-state index contributed by atoms with van der Waals surface area (Å²) in [4.78, 5) is 12.0. The van der Waals surface area contributed by atoms with Crippen molar-refractivity contribution in [1.29, 1.82) is 0 Å². The second-order valence-electron chi connectivity index (χ2n) is 5.32. The standard InChI is InChI=1S/C16H23ClN2O2/c1-2-8-18-11-12-10-13(17)6-7-14(12)21-15-5-3-4-9-19-16(15)20/h6-7,10,15,18H,2-5,8-9,11H2,1H3,(H,19,20). The number of hydrogen-bond donors (Lipinski definition) is 2. The zero-order valence-corrected chi connectivity index (χ0v) is 13.2. The van der Waals surface area contributed by atoms with Crippen molar-refractivity contribution < 1.29 is 9.53 Å². The molecule has 21 heavy (non-hydrogen) atoms. The number of carbonyl (C=O) groups excluding carboxylic acids is 1. The van der Waals surface area contributed by atoms with Crippen LogP contribution < -0.4 is 15.4 Å². The van der Waals surface area contributed by atoms with Gasteiger partial charge in [-0.2, -0.15) is 0 Å². The molecule has 116 valence electrons. The molecule has 1 saturated heterocycles. The minimum atomic E-state index is -0.404. The van der Waals surface area contributed by atoms with Gasteiger partial charge >= 0.3 is 0 Å². The highest BCUT2D eigenvalue weighted by atomic mass is 35.5. The molecule has 2 N–H and O–H groups in total. The minimum Gasteiger partial charge on any atom is -0.480 e. The lowest BCUT2D eigenvalue weighted by atomic mass is 10.1. The summed E-state index contributed by atoms with van der Waals surface area (Å²) in [5.74, 6) is 0.722. The molecule has 1 unspecified atom stereocenters. The number of hydrogen-bond acceptors (Lipinski definition) is 3. The Morgan fingerprint density at radius 2 is 2.29 bits per heavy atom. The molecule has 0 saturated carbocycles. The fourth-order valence-corrected chi connectivity index (χ4v) is 2.57. The van der Waals surface area contributed by atoms with E-state index in [0.717, 1.165) is 50.1 Å². The van der Waals surface area contributed by atoms with Crippen LogP contribution in [0.25, 0.3) is 0 Å². The van der Waals surface area contributed by atoms with Gasteiger partial charge in [0, 0.05) is 23.7 Å². The lowest BCUT2D eigenvalue weighted by Gasteiger charge is -2.19. The molecular weight excluding hydrogens is 288 g/mol. The van der Waals surface area contributed by atoms with Crippen molar-refractivity contribution in [2.24, 2.45) is 0 Å². The van der Waals surface area contributed by atoms with Gasteiger partial charge in [0.1, 0.15) is 5.75 Å². The monoisotopic (exact) mass is 310 g/mol. The van der Waals surface area contributed by atoms with Gasteiger partial charge in [0.05, 0.1) is 0 Å². The molecule has 1 aliphatic rings. The first kappa shape index (κ1) is 16.1. The Bertz CT molecular complexity index is 479. The quantitative estimate of drug-likeness (QED) is 0.794. The topological polar surface area (TPSA) is 50.4 Å². The highest BCUT2D eigenvalue weighted by Crippen LogP contribution is 2.25. The summed E-state index contributed by atoms with van der Waals surface area (Å²) < 4.78 is 5.95. The van der Waals surface area contributed by atoms with E-state index in [1.165, 1.54) is 0 Å². The molecular formula is C16H23ClN2O2. The molecule has 0 aliphatic carbocycles. The molecule has 1 aromatic carbocycles. The van der Waals surface area contributed by atoms with Crippen LogP contribution in [-0.4, -0.2) is 25.1 Å². The molecule has 0 bridgehead atoms. The lowest BCUT2D eigenvalue weighted by molar-refractivity contribution is -0.127. The average molecular weight is 311 g/mol. The molecule has 5 heteroatoms. The van der Waals surface area contributed by atoms with Gasteiger partial charge in [-0.1, -0.05) is 18.5 Å². The van der Waals surface area contributed by atoms with Crippen LogP contribution in [0.15, 0.2) is 18.2 Å². The number of rotatable bonds is 6. The van der Waals surface area contributed by atoms with E-state index in [0.29, 0.717) is 11.6 Å². The fourth-order valence-electron chi connectivity index (χ4n) is 2.38. The molecule has 4 nitrogen and oxygen atoms in total. The predicted molar refractivity (Wildman–Crippen MR) is 84.7 cm³/mol. The molecule has 1 fully saturated rings. The smallest absolute Gasteiger partial charge is 0.261 e. The maximum Gasteiger partial charge on any atom is 0.261 e. The second kappa shape index (κ2) is 8.25. The van der Waals surface area contributed by atoms with E-state index in [1.54, 1.807) is 6.07 Å². The Balaban J connectivity index is 2.08. The average Bonchev–Trinajstić information content (AvgIpc) is 2.67. The van der Waals surface area contributed by atoms with Crippen molar-refractivity contribution in [3.05, 3.63) is 28.8 Å². The summed E-state index contributed by atoms with van der Waals surface area (Å²) in [5.41, 5.74) is 0.994. The molecule has 1 amide bonds. The maximum absolute atomic E-state index is 12.0. The van der Waals surface area contributed by atoms with Crippen LogP contribution in [0.3, 0.4) is 0 Å². The Morgan fingerprint density at radius 3 is 3.10 bits per heavy atom. The number of benzene rings is 1. The highest BCUT2D eigenvalue weighted by molar-refractivity contribution is 6.30. The summed E-state index contributed by atoms with van der Waals surface area (Å²) >= 11 is 6.06. The number of nitrogens with one attached hydrogen (secondary N) is 2. The summed E-state index contributed by atoms with van der Waals surface area (Å²) in [5, 5.41) is 6.91. The minimum absolute atomic E-state index is 0.0186. The number of amides is 1. The Kier molecular flexibility index (Phi) is 6.33. The SMILES string of the molecule is CCCNCc1cc(Cl)ccc1OC1CCCCNC1=O. The molecule has 1 aromatic rings. The van der Waals surface area contributed by atoms with Crippen LogP contribution in [0.4, 0.5) is 0 Å². The zero-order valence-electron chi connectivity index (χ0n) is 12.5. The van der Waals surface area contributed by atoms with Crippen molar-refractivity contribution in [3.63, 3.8) is 0 Å². The Labute approximate surface area is 131 Å². The van der Waals surface area contributed by atoms with Gasteiger partial charge < -0.3 is 15.4 Å². The van der Waals surface area contributed by atoms with Crippen LogP contribution >= 0.6 is 11.6 Å². The third kappa shape index (κ3) is 4.90. The van der Waals surface area contributed by atoms with Crippen LogP contribution in [0.2, 0.25) is 5.02 Å². The second-order valence-corrected chi connectivity index (χ2v) is 5.76. The lowest BCUT2D eigenvalue weighted by Crippen LogP contribution is -2.36. The van der Waals surface area contributed by atoms with Crippen molar-refractivity contribution in [2.45, 2.75) is 45.3 Å². The predicted octanol–water partition coefficient (Wildman–Crippen LogP) is 2.89. The fraction of sp³-hybridized carbons (Fsp3) is 0.562. The summed E-state index contributed by atoms with van der Waals surface area (Å²) in [6.07, 6.45) is 3.44. The summed E-state index contributed by atoms with van der Waals surface area (Å²) in [7, 11) is 0. The summed E-state index contributed by atoms with van der Waals surface area (Å²) in [6.45, 7) is 4.50. The van der Waals surface area contributed by atoms with E-state index in [4.69, 9.17) is 16.3 Å². The molecule has 0 radical (unpaired) electrons. The van der Waals surface area contributed by atoms with Crippen LogP contribution in [0.5, 0.6) is 5.75 Å². The van der Waals surface area contributed by atoms with Crippen LogP contribution in [0, 0.1) is 0 Å². The van der Waals surface area contributed by atoms with Gasteiger partial charge in [0.2, 0.25) is 0 Å². The zero-order chi connectivity index (χ0) is 15.1. The first-order valence-corrected chi connectivity index (χ1v) is 8.02. The van der Waals surface area contributed by atoms with E-state index in [-0.39, 0.29) is 5.91 Å². The molecule has 0 aromatic heterocycles. The van der Waals surface area contributed by atoms with Crippen molar-refractivity contribution in [1.82, 2.24) is 10.6 Å². The molecule has 1 atom stereocenters. The highest BCUT2D eigenvalue weighted by Gasteiger charge is 2.23. The van der Waals surface area contributed by atoms with Gasteiger partial charge in [-0.3, -0.25) is 4.79 Å². The van der Waals surface area contributed by atoms with E-state index >= 15 is 0 Å². The molecule has 2 rings (SSSR count). The first-order chi connectivity index (χ1) is 10.2. The van der Waals surface area contributed by atoms with Crippen LogP contribution in [0.1, 0.15) is 38.2 Å². The van der Waals surface area contributed by atoms with E-state index in [2.05, 4.69) is 17.6 Å². The Hall–Kier alpha value is -1.26. The largest absolute Gasteiger partial charge is 0.480 e. The van der Waals surface area contributed by atoms with E-state index in [9.17, 15) is 4.79 Å². The summed E-state index contributed by atoms with van der Waals surface area (Å²) in [6, 6.07) is 5.55. The van der Waals surface area contributed by atoms with Gasteiger partial charge in [0.15, 0.2) is 6.10 Å². The van der Waals surface area contributed by atoms with Crippen molar-refractivity contribution in [2.75, 3.05) is 13.1 Å². The number of halogens is 1. The van der Waals surface area contributed by atoms with E-state index < -0.39 is 6.10 Å². The third-order valence-corrected chi connectivity index (χ3v) is 3.75. The Morgan fingerprint density at radius 1 is 1.43 bits per heavy atom. The molecule has 1 heterocycles. The first-order valence-electron chi connectivity index (χ1n) is 7.64. The van der Waals surface area contributed by atoms with Gasteiger partial charge in [-0.15, -0.1) is 0 Å². The van der Waals surface area contributed by atoms with Gasteiger partial charge in [-0.05, 0) is 50.4 Å². The number of ether oxygens (including phenoxy) is 1. The molecule has 0 spiro atoms. The van der Waals surface area contributed by atoms with Crippen molar-refractivity contribution >= 4 is 17.5 Å². The van der Waals surface area contributed by atoms with Gasteiger partial charge in [-0.25, -0.2) is 0 Å².